The molecule has 90 valence electrons. The Bertz CT molecular complexity index is 406. The van der Waals surface area contributed by atoms with Crippen molar-refractivity contribution in [1.29, 1.82) is 0 Å². The molecule has 2 nitrogen and oxygen atoms in total. The van der Waals surface area contributed by atoms with E-state index in [4.69, 9.17) is 4.74 Å². The highest BCUT2D eigenvalue weighted by atomic mass is 16.5. The normalized spacial score (nSPS) is 24.8. The number of ether oxygens (including phenoxy) is 1. The lowest BCUT2D eigenvalue weighted by Crippen LogP contribution is -2.15. The Labute approximate surface area is 102 Å². The zero-order chi connectivity index (χ0) is 11.7. The molecule has 1 aromatic carbocycles. The van der Waals surface area contributed by atoms with Crippen molar-refractivity contribution in [3.8, 4) is 0 Å². The number of hydrogen-bond donors (Lipinski definition) is 0. The summed E-state index contributed by atoms with van der Waals surface area (Å²) in [5.41, 5.74) is 1.62. The molecule has 0 bridgehead atoms. The first-order valence-corrected chi connectivity index (χ1v) is 6.48. The molecule has 3 rings (SSSR count). The van der Waals surface area contributed by atoms with Crippen molar-refractivity contribution in [2.45, 2.75) is 38.7 Å². The molecule has 0 aliphatic heterocycles. The quantitative estimate of drug-likeness (QED) is 0.745. The van der Waals surface area contributed by atoms with Gasteiger partial charge in [0, 0.05) is 0 Å². The molecule has 2 aliphatic rings. The first kappa shape index (κ1) is 10.8. The maximum Gasteiger partial charge on any atom is 0.309 e. The highest BCUT2D eigenvalue weighted by Crippen LogP contribution is 2.59. The van der Waals surface area contributed by atoms with Crippen LogP contribution in [-0.2, 0) is 16.1 Å². The summed E-state index contributed by atoms with van der Waals surface area (Å²) < 4.78 is 5.39. The molecule has 0 aromatic heterocycles. The highest BCUT2D eigenvalue weighted by molar-refractivity contribution is 5.73. The number of carbonyl (C=O) groups excluding carboxylic acids is 1. The van der Waals surface area contributed by atoms with Gasteiger partial charge in [-0.2, -0.15) is 0 Å². The van der Waals surface area contributed by atoms with Gasteiger partial charge >= 0.3 is 5.97 Å². The van der Waals surface area contributed by atoms with Crippen LogP contribution in [0.3, 0.4) is 0 Å². The monoisotopic (exact) mass is 230 g/mol. The Morgan fingerprint density at radius 1 is 1.24 bits per heavy atom. The molecule has 1 unspecified atom stereocenters. The van der Waals surface area contributed by atoms with E-state index in [1.807, 2.05) is 30.3 Å². The predicted molar refractivity (Wildman–Crippen MR) is 65.2 cm³/mol. The summed E-state index contributed by atoms with van der Waals surface area (Å²) in [6, 6.07) is 9.89. The second-order valence-corrected chi connectivity index (χ2v) is 5.53. The maximum atomic E-state index is 11.9. The van der Waals surface area contributed by atoms with Gasteiger partial charge in [0.05, 0.1) is 5.92 Å². The maximum absolute atomic E-state index is 11.9. The van der Waals surface area contributed by atoms with Crippen LogP contribution in [0, 0.1) is 11.3 Å². The lowest BCUT2D eigenvalue weighted by Gasteiger charge is -2.10. The zero-order valence-electron chi connectivity index (χ0n) is 10.0. The van der Waals surface area contributed by atoms with Crippen LogP contribution in [0.2, 0.25) is 0 Å². The summed E-state index contributed by atoms with van der Waals surface area (Å²) in [4.78, 5) is 11.9. The molecule has 17 heavy (non-hydrogen) atoms. The Kier molecular flexibility index (Phi) is 2.65. The first-order chi connectivity index (χ1) is 8.27. The van der Waals surface area contributed by atoms with E-state index in [9.17, 15) is 4.79 Å². The molecule has 2 saturated carbocycles. The zero-order valence-corrected chi connectivity index (χ0v) is 10.0. The standard InChI is InChI=1S/C15H18O2/c16-14(13-6-7-15(10-13)8-9-15)17-11-12-4-2-1-3-5-12/h1-5,13H,6-11H2. The van der Waals surface area contributed by atoms with E-state index >= 15 is 0 Å². The second-order valence-electron chi connectivity index (χ2n) is 5.53. The molecule has 0 saturated heterocycles. The molecule has 1 aromatic rings. The topological polar surface area (TPSA) is 26.3 Å². The van der Waals surface area contributed by atoms with Gasteiger partial charge in [0.2, 0.25) is 0 Å². The minimum atomic E-state index is 0.0117. The Morgan fingerprint density at radius 3 is 2.65 bits per heavy atom. The van der Waals surface area contributed by atoms with E-state index in [1.54, 1.807) is 0 Å². The largest absolute Gasteiger partial charge is 0.461 e. The third kappa shape index (κ3) is 2.36. The van der Waals surface area contributed by atoms with Gasteiger partial charge in [-0.25, -0.2) is 0 Å². The fraction of sp³-hybridized carbons (Fsp3) is 0.533. The summed E-state index contributed by atoms with van der Waals surface area (Å²) in [5, 5.41) is 0. The predicted octanol–water partition coefficient (Wildman–Crippen LogP) is 3.31. The van der Waals surface area contributed by atoms with Crippen LogP contribution in [0.5, 0.6) is 0 Å². The third-order valence-electron chi connectivity index (χ3n) is 4.22. The highest BCUT2D eigenvalue weighted by Gasteiger charge is 2.50. The Morgan fingerprint density at radius 2 is 2.00 bits per heavy atom. The van der Waals surface area contributed by atoms with E-state index < -0.39 is 0 Å². The van der Waals surface area contributed by atoms with Crippen LogP contribution in [-0.4, -0.2) is 5.97 Å². The van der Waals surface area contributed by atoms with Crippen molar-refractivity contribution in [2.24, 2.45) is 11.3 Å². The van der Waals surface area contributed by atoms with Crippen molar-refractivity contribution in [1.82, 2.24) is 0 Å². The molecule has 0 N–H and O–H groups in total. The van der Waals surface area contributed by atoms with Crippen molar-refractivity contribution in [2.75, 3.05) is 0 Å². The number of benzene rings is 1. The Hall–Kier alpha value is -1.31. The van der Waals surface area contributed by atoms with Gasteiger partial charge in [-0.3, -0.25) is 4.79 Å². The minimum Gasteiger partial charge on any atom is -0.461 e. The van der Waals surface area contributed by atoms with E-state index in [0.717, 1.165) is 18.4 Å². The van der Waals surface area contributed by atoms with E-state index in [-0.39, 0.29) is 11.9 Å². The van der Waals surface area contributed by atoms with Crippen LogP contribution in [0.1, 0.15) is 37.7 Å². The molecule has 0 heterocycles. The van der Waals surface area contributed by atoms with Crippen LogP contribution < -0.4 is 0 Å². The molecule has 1 spiro atoms. The van der Waals surface area contributed by atoms with Crippen LogP contribution >= 0.6 is 0 Å². The minimum absolute atomic E-state index is 0.0117. The number of esters is 1. The molecule has 2 aliphatic carbocycles. The summed E-state index contributed by atoms with van der Waals surface area (Å²) in [6.07, 6.45) is 6.00. The smallest absolute Gasteiger partial charge is 0.309 e. The van der Waals surface area contributed by atoms with Gasteiger partial charge in [0.15, 0.2) is 0 Å². The third-order valence-corrected chi connectivity index (χ3v) is 4.22. The fourth-order valence-corrected chi connectivity index (χ4v) is 2.89. The summed E-state index contributed by atoms with van der Waals surface area (Å²) in [7, 11) is 0. The molecule has 2 heteroatoms. The molecule has 0 amide bonds. The van der Waals surface area contributed by atoms with Crippen molar-refractivity contribution < 1.29 is 9.53 Å². The summed E-state index contributed by atoms with van der Waals surface area (Å²) in [6.45, 7) is 0.420. The number of rotatable bonds is 3. The summed E-state index contributed by atoms with van der Waals surface area (Å²) >= 11 is 0. The van der Waals surface area contributed by atoms with Crippen molar-refractivity contribution >= 4 is 5.97 Å². The lowest BCUT2D eigenvalue weighted by molar-refractivity contribution is -0.149. The molecular weight excluding hydrogens is 212 g/mol. The SMILES string of the molecule is O=C(OCc1ccccc1)C1CCC2(CC2)C1. The average Bonchev–Trinajstić information content (AvgIpc) is 2.98. The van der Waals surface area contributed by atoms with E-state index in [2.05, 4.69) is 0 Å². The first-order valence-electron chi connectivity index (χ1n) is 6.48. The van der Waals surface area contributed by atoms with E-state index in [0.29, 0.717) is 12.0 Å². The molecular formula is C15H18O2. The average molecular weight is 230 g/mol. The van der Waals surface area contributed by atoms with Gasteiger partial charge in [-0.15, -0.1) is 0 Å². The Balaban J connectivity index is 1.51. The number of hydrogen-bond acceptors (Lipinski definition) is 2. The van der Waals surface area contributed by atoms with Gasteiger partial charge in [-0.1, -0.05) is 30.3 Å². The number of carbonyl (C=O) groups is 1. The second kappa shape index (κ2) is 4.17. The molecule has 2 fully saturated rings. The van der Waals surface area contributed by atoms with Crippen molar-refractivity contribution in [3.05, 3.63) is 35.9 Å². The van der Waals surface area contributed by atoms with Crippen LogP contribution in [0.4, 0.5) is 0 Å². The van der Waals surface area contributed by atoms with Crippen LogP contribution in [0.15, 0.2) is 30.3 Å². The van der Waals surface area contributed by atoms with Gasteiger partial charge < -0.3 is 4.74 Å². The van der Waals surface area contributed by atoms with Crippen LogP contribution in [0.25, 0.3) is 0 Å². The molecule has 0 radical (unpaired) electrons. The fourth-order valence-electron chi connectivity index (χ4n) is 2.89. The summed E-state index contributed by atoms with van der Waals surface area (Å²) in [5.74, 6) is 0.179. The van der Waals surface area contributed by atoms with E-state index in [1.165, 1.54) is 19.3 Å². The van der Waals surface area contributed by atoms with Gasteiger partial charge in [0.25, 0.3) is 0 Å². The van der Waals surface area contributed by atoms with Gasteiger partial charge in [-0.05, 0) is 43.1 Å². The lowest BCUT2D eigenvalue weighted by atomic mass is 10.0. The molecule has 1 atom stereocenters. The van der Waals surface area contributed by atoms with Gasteiger partial charge in [0.1, 0.15) is 6.61 Å². The van der Waals surface area contributed by atoms with Crippen molar-refractivity contribution in [3.63, 3.8) is 0 Å².